The molecule has 0 atom stereocenters. The Morgan fingerprint density at radius 1 is 1.04 bits per heavy atom. The van der Waals surface area contributed by atoms with Crippen molar-refractivity contribution in [3.05, 3.63) is 69.1 Å². The molecule has 2 aromatic carbocycles. The van der Waals surface area contributed by atoms with Crippen molar-refractivity contribution in [1.29, 1.82) is 0 Å². The minimum absolute atomic E-state index is 0.00934. The van der Waals surface area contributed by atoms with Crippen molar-refractivity contribution < 1.29 is 4.92 Å². The van der Waals surface area contributed by atoms with Crippen molar-refractivity contribution in [1.82, 2.24) is 19.6 Å². The van der Waals surface area contributed by atoms with Crippen LogP contribution in [0.1, 0.15) is 0 Å². The van der Waals surface area contributed by atoms with Crippen molar-refractivity contribution in [3.8, 4) is 11.4 Å². The molecule has 0 spiro atoms. The van der Waals surface area contributed by atoms with Gasteiger partial charge in [-0.2, -0.15) is 4.98 Å². The highest BCUT2D eigenvalue weighted by atomic mass is 16.6. The van der Waals surface area contributed by atoms with E-state index in [9.17, 15) is 14.9 Å². The van der Waals surface area contributed by atoms with E-state index in [4.69, 9.17) is 0 Å². The first-order valence-electron chi connectivity index (χ1n) is 6.76. The van der Waals surface area contributed by atoms with Gasteiger partial charge in [0, 0.05) is 23.1 Å². The third-order valence-electron chi connectivity index (χ3n) is 3.55. The molecule has 0 bridgehead atoms. The molecule has 112 valence electrons. The highest BCUT2D eigenvalue weighted by Crippen LogP contribution is 2.24. The minimum atomic E-state index is -0.480. The highest BCUT2D eigenvalue weighted by molar-refractivity contribution is 5.92. The number of hydrogen-bond donors (Lipinski definition) is 1. The zero-order chi connectivity index (χ0) is 16.0. The van der Waals surface area contributed by atoms with Gasteiger partial charge >= 0.3 is 5.69 Å². The van der Waals surface area contributed by atoms with Crippen LogP contribution in [-0.2, 0) is 0 Å². The lowest BCUT2D eigenvalue weighted by atomic mass is 10.1. The molecule has 0 saturated carbocycles. The molecule has 0 amide bonds. The number of fused-ring (bicyclic) bond motifs is 3. The van der Waals surface area contributed by atoms with Gasteiger partial charge in [-0.15, -0.1) is 0 Å². The third-order valence-corrected chi connectivity index (χ3v) is 3.55. The van der Waals surface area contributed by atoms with Gasteiger partial charge in [-0.3, -0.25) is 10.1 Å². The summed E-state index contributed by atoms with van der Waals surface area (Å²) in [5.74, 6) is 0.461. The number of nitrogens with one attached hydrogen (secondary N) is 1. The molecule has 23 heavy (non-hydrogen) atoms. The number of nitro groups is 1. The van der Waals surface area contributed by atoms with Crippen molar-refractivity contribution in [2.45, 2.75) is 0 Å². The first-order chi connectivity index (χ1) is 11.1. The van der Waals surface area contributed by atoms with E-state index in [0.717, 1.165) is 5.39 Å². The van der Waals surface area contributed by atoms with E-state index in [2.05, 4.69) is 15.1 Å². The van der Waals surface area contributed by atoms with Crippen LogP contribution in [-0.4, -0.2) is 24.5 Å². The fourth-order valence-corrected chi connectivity index (χ4v) is 2.50. The fraction of sp³-hybridized carbons (Fsp3) is 0. The van der Waals surface area contributed by atoms with Crippen LogP contribution in [0.3, 0.4) is 0 Å². The van der Waals surface area contributed by atoms with Gasteiger partial charge in [0.1, 0.15) is 0 Å². The molecule has 2 aromatic heterocycles. The molecule has 8 heteroatoms. The Labute approximate surface area is 128 Å². The Kier molecular flexibility index (Phi) is 2.70. The topological polar surface area (TPSA) is 106 Å². The summed E-state index contributed by atoms with van der Waals surface area (Å²) in [5, 5.41) is 14.1. The molecule has 0 aliphatic heterocycles. The molecule has 4 rings (SSSR count). The molecular weight excluding hydrogens is 298 g/mol. The third kappa shape index (κ3) is 2.04. The second-order valence-electron chi connectivity index (χ2n) is 4.94. The van der Waals surface area contributed by atoms with Crippen LogP contribution in [0.4, 0.5) is 5.69 Å². The van der Waals surface area contributed by atoms with Crippen LogP contribution in [0.25, 0.3) is 27.9 Å². The van der Waals surface area contributed by atoms with Gasteiger partial charge in [0.2, 0.25) is 0 Å². The zero-order valence-electron chi connectivity index (χ0n) is 11.6. The van der Waals surface area contributed by atoms with Crippen LogP contribution in [0.15, 0.2) is 53.3 Å². The molecule has 0 unspecified atom stereocenters. The van der Waals surface area contributed by atoms with E-state index >= 15 is 0 Å². The number of aromatic amines is 1. The number of nitro benzene ring substituents is 1. The number of hydrogen-bond acceptors (Lipinski definition) is 5. The molecule has 0 aliphatic carbocycles. The lowest BCUT2D eigenvalue weighted by Gasteiger charge is -2.07. The Morgan fingerprint density at radius 2 is 1.78 bits per heavy atom. The van der Waals surface area contributed by atoms with Gasteiger partial charge < -0.3 is 0 Å². The molecule has 0 aliphatic rings. The van der Waals surface area contributed by atoms with Gasteiger partial charge in [-0.05, 0) is 24.3 Å². The summed E-state index contributed by atoms with van der Waals surface area (Å²) in [4.78, 5) is 30.5. The Hall–Kier alpha value is -3.55. The van der Waals surface area contributed by atoms with Crippen LogP contribution in [0.2, 0.25) is 0 Å². The maximum absolute atomic E-state index is 11.7. The van der Waals surface area contributed by atoms with Crippen LogP contribution >= 0.6 is 0 Å². The van der Waals surface area contributed by atoms with Gasteiger partial charge in [0.25, 0.3) is 5.69 Å². The highest BCUT2D eigenvalue weighted by Gasteiger charge is 2.13. The second kappa shape index (κ2) is 4.73. The van der Waals surface area contributed by atoms with E-state index < -0.39 is 10.6 Å². The van der Waals surface area contributed by atoms with Crippen LogP contribution in [0.5, 0.6) is 0 Å². The number of para-hydroxylation sites is 1. The molecular formula is C15H9N5O3. The SMILES string of the molecule is O=c1nc2c3ccccc3nc(-c3ccc([N+](=O)[O-])cc3)n2[nH]1. The fourth-order valence-electron chi connectivity index (χ4n) is 2.50. The predicted molar refractivity (Wildman–Crippen MR) is 83.2 cm³/mol. The largest absolute Gasteiger partial charge is 0.362 e. The lowest BCUT2D eigenvalue weighted by Crippen LogP contribution is -2.04. The number of benzene rings is 2. The average molecular weight is 307 g/mol. The molecule has 0 saturated heterocycles. The van der Waals surface area contributed by atoms with Gasteiger partial charge in [0.05, 0.1) is 10.4 Å². The van der Waals surface area contributed by atoms with Crippen molar-refractivity contribution in [3.63, 3.8) is 0 Å². The maximum Gasteiger partial charge on any atom is 0.362 e. The van der Waals surface area contributed by atoms with Crippen molar-refractivity contribution in [2.75, 3.05) is 0 Å². The number of nitrogens with zero attached hydrogens (tertiary/aromatic N) is 4. The summed E-state index contributed by atoms with van der Waals surface area (Å²) in [6, 6.07) is 13.3. The van der Waals surface area contributed by atoms with E-state index in [1.807, 2.05) is 24.3 Å². The quantitative estimate of drug-likeness (QED) is 0.451. The van der Waals surface area contributed by atoms with E-state index in [-0.39, 0.29) is 5.69 Å². The van der Waals surface area contributed by atoms with E-state index in [0.29, 0.717) is 22.6 Å². The summed E-state index contributed by atoms with van der Waals surface area (Å²) < 4.78 is 1.49. The maximum atomic E-state index is 11.7. The summed E-state index contributed by atoms with van der Waals surface area (Å²) in [5.41, 5.74) is 1.30. The number of rotatable bonds is 2. The van der Waals surface area contributed by atoms with Crippen LogP contribution in [0, 0.1) is 10.1 Å². The molecule has 0 radical (unpaired) electrons. The summed E-state index contributed by atoms with van der Waals surface area (Å²) in [6.45, 7) is 0. The van der Waals surface area contributed by atoms with Crippen LogP contribution < -0.4 is 5.69 Å². The normalized spacial score (nSPS) is 11.1. The summed E-state index contributed by atoms with van der Waals surface area (Å²) in [6.07, 6.45) is 0. The Bertz CT molecular complexity index is 1110. The minimum Gasteiger partial charge on any atom is -0.258 e. The van der Waals surface area contributed by atoms with E-state index in [1.165, 1.54) is 16.6 Å². The second-order valence-corrected chi connectivity index (χ2v) is 4.94. The Balaban J connectivity index is 2.04. The van der Waals surface area contributed by atoms with Gasteiger partial charge in [-0.1, -0.05) is 12.1 Å². The number of non-ortho nitro benzene ring substituents is 1. The van der Waals surface area contributed by atoms with Crippen molar-refractivity contribution in [2.24, 2.45) is 0 Å². The van der Waals surface area contributed by atoms with Gasteiger partial charge in [-0.25, -0.2) is 19.4 Å². The lowest BCUT2D eigenvalue weighted by molar-refractivity contribution is -0.384. The number of aromatic nitrogens is 4. The molecule has 2 heterocycles. The number of H-pyrrole nitrogens is 1. The van der Waals surface area contributed by atoms with E-state index in [1.54, 1.807) is 12.1 Å². The molecule has 4 aromatic rings. The summed E-state index contributed by atoms with van der Waals surface area (Å²) in [7, 11) is 0. The molecule has 8 nitrogen and oxygen atoms in total. The first kappa shape index (κ1) is 13.1. The zero-order valence-corrected chi connectivity index (χ0v) is 11.6. The monoisotopic (exact) mass is 307 g/mol. The molecule has 1 N–H and O–H groups in total. The Morgan fingerprint density at radius 3 is 2.52 bits per heavy atom. The smallest absolute Gasteiger partial charge is 0.258 e. The van der Waals surface area contributed by atoms with Gasteiger partial charge in [0.15, 0.2) is 11.5 Å². The summed E-state index contributed by atoms with van der Waals surface area (Å²) >= 11 is 0. The standard InChI is InChI=1S/C15H9N5O3/c21-15-17-14-11-3-1-2-4-12(11)16-13(19(14)18-15)9-5-7-10(8-6-9)20(22)23/h1-8H,(H,18,21). The first-order valence-corrected chi connectivity index (χ1v) is 6.76. The average Bonchev–Trinajstić information content (AvgIpc) is 2.96. The predicted octanol–water partition coefficient (Wildman–Crippen LogP) is 2.15. The molecule has 0 fully saturated rings. The van der Waals surface area contributed by atoms with Crippen molar-refractivity contribution >= 4 is 22.2 Å².